The summed E-state index contributed by atoms with van der Waals surface area (Å²) in [5.74, 6) is -2.92. The summed E-state index contributed by atoms with van der Waals surface area (Å²) in [5.41, 5.74) is 7.66. The molecule has 1 aromatic carbocycles. The van der Waals surface area contributed by atoms with Crippen LogP contribution in [0.4, 0.5) is 8.78 Å². The number of carbonyl (C=O) groups excluding carboxylic acids is 1. The Hall–Kier alpha value is -2.14. The molecule has 0 atom stereocenters. The van der Waals surface area contributed by atoms with Crippen molar-refractivity contribution in [1.82, 2.24) is 5.32 Å². The minimum atomic E-state index is -1.17. The number of benzene rings is 1. The Kier molecular flexibility index (Phi) is 4.90. The highest BCUT2D eigenvalue weighted by Crippen LogP contribution is 2.10. The second kappa shape index (κ2) is 6.44. The molecule has 0 heterocycles. The molecule has 0 aliphatic rings. The van der Waals surface area contributed by atoms with Crippen molar-refractivity contribution in [2.45, 2.75) is 6.42 Å². The number of hydrogen-bond acceptors (Lipinski definition) is 2. The van der Waals surface area contributed by atoms with Gasteiger partial charge >= 0.3 is 0 Å². The summed E-state index contributed by atoms with van der Waals surface area (Å²) in [7, 11) is 0. The Bertz CT molecular complexity index is 458. The molecule has 1 amide bonds. The van der Waals surface area contributed by atoms with Crippen LogP contribution in [0.3, 0.4) is 0 Å². The summed E-state index contributed by atoms with van der Waals surface area (Å²) in [4.78, 5) is 14.0. The van der Waals surface area contributed by atoms with E-state index in [0.717, 1.165) is 6.07 Å². The third kappa shape index (κ3) is 3.73. The highest BCUT2D eigenvalue weighted by molar-refractivity contribution is 5.94. The second-order valence-corrected chi connectivity index (χ2v) is 3.17. The summed E-state index contributed by atoms with van der Waals surface area (Å²) in [5, 5.41) is 5.67. The summed E-state index contributed by atoms with van der Waals surface area (Å²) >= 11 is 0. The van der Waals surface area contributed by atoms with Crippen LogP contribution in [0.25, 0.3) is 10.4 Å². The van der Waals surface area contributed by atoms with Crippen molar-refractivity contribution in [3.05, 3.63) is 45.8 Å². The van der Waals surface area contributed by atoms with E-state index in [1.807, 2.05) is 0 Å². The monoisotopic (exact) mass is 240 g/mol. The van der Waals surface area contributed by atoms with E-state index in [4.69, 9.17) is 5.53 Å². The lowest BCUT2D eigenvalue weighted by atomic mass is 10.2. The minimum absolute atomic E-state index is 0.230. The van der Waals surface area contributed by atoms with Gasteiger partial charge in [-0.1, -0.05) is 11.2 Å². The number of nitrogens with one attached hydrogen (secondary N) is 1. The molecule has 0 unspecified atom stereocenters. The fourth-order valence-corrected chi connectivity index (χ4v) is 1.17. The lowest BCUT2D eigenvalue weighted by Crippen LogP contribution is -2.26. The average Bonchev–Trinajstić information content (AvgIpc) is 2.32. The number of hydrogen-bond donors (Lipinski definition) is 1. The van der Waals surface area contributed by atoms with Gasteiger partial charge in [0.15, 0.2) is 11.6 Å². The molecule has 1 aromatic rings. The molecule has 1 N–H and O–H groups in total. The standard InChI is InChI=1S/C10H10F2N4O/c11-8-4-1-3-7(9(8)12)10(17)14-5-2-6-15-16-13/h1,3-4H,2,5-6H2,(H,14,17). The molecule has 0 spiro atoms. The Morgan fingerprint density at radius 2 is 2.24 bits per heavy atom. The maximum Gasteiger partial charge on any atom is 0.254 e. The first kappa shape index (κ1) is 12.9. The molecule has 90 valence electrons. The lowest BCUT2D eigenvalue weighted by Gasteiger charge is -2.05. The Morgan fingerprint density at radius 1 is 1.47 bits per heavy atom. The van der Waals surface area contributed by atoms with E-state index in [1.54, 1.807) is 0 Å². The fourth-order valence-electron chi connectivity index (χ4n) is 1.17. The average molecular weight is 240 g/mol. The van der Waals surface area contributed by atoms with Crippen molar-refractivity contribution in [2.75, 3.05) is 13.1 Å². The van der Waals surface area contributed by atoms with Crippen LogP contribution < -0.4 is 5.32 Å². The molecule has 0 fully saturated rings. The van der Waals surface area contributed by atoms with Gasteiger partial charge < -0.3 is 5.32 Å². The molecule has 0 saturated carbocycles. The SMILES string of the molecule is [N-]=[N+]=NCCCNC(=O)c1cccc(F)c1F. The predicted octanol–water partition coefficient (Wildman–Crippen LogP) is 2.40. The molecule has 17 heavy (non-hydrogen) atoms. The van der Waals surface area contributed by atoms with Crippen LogP contribution in [0.1, 0.15) is 16.8 Å². The van der Waals surface area contributed by atoms with Crippen molar-refractivity contribution < 1.29 is 13.6 Å². The van der Waals surface area contributed by atoms with Gasteiger partial charge in [0.05, 0.1) is 5.56 Å². The molecule has 0 saturated heterocycles. The number of azide groups is 1. The zero-order chi connectivity index (χ0) is 12.7. The van der Waals surface area contributed by atoms with Gasteiger partial charge in [-0.3, -0.25) is 4.79 Å². The van der Waals surface area contributed by atoms with Gasteiger partial charge in [-0.15, -0.1) is 0 Å². The second-order valence-electron chi connectivity index (χ2n) is 3.17. The number of amides is 1. The highest BCUT2D eigenvalue weighted by Gasteiger charge is 2.13. The molecule has 5 nitrogen and oxygen atoms in total. The summed E-state index contributed by atoms with van der Waals surface area (Å²) in [6.45, 7) is 0.468. The number of halogens is 2. The topological polar surface area (TPSA) is 77.9 Å². The Balaban J connectivity index is 2.52. The lowest BCUT2D eigenvalue weighted by molar-refractivity contribution is 0.0948. The van der Waals surface area contributed by atoms with Gasteiger partial charge in [0.1, 0.15) is 0 Å². The maximum absolute atomic E-state index is 13.2. The molecule has 0 aliphatic carbocycles. The molecule has 0 aliphatic heterocycles. The first-order valence-electron chi connectivity index (χ1n) is 4.90. The van der Waals surface area contributed by atoms with Gasteiger partial charge in [-0.2, -0.15) is 0 Å². The van der Waals surface area contributed by atoms with Crippen LogP contribution in [0.15, 0.2) is 23.3 Å². The van der Waals surface area contributed by atoms with E-state index in [9.17, 15) is 13.6 Å². The first-order valence-corrected chi connectivity index (χ1v) is 4.90. The van der Waals surface area contributed by atoms with E-state index in [-0.39, 0.29) is 18.7 Å². The predicted molar refractivity (Wildman–Crippen MR) is 57.3 cm³/mol. The van der Waals surface area contributed by atoms with Gasteiger partial charge in [-0.05, 0) is 24.1 Å². The van der Waals surface area contributed by atoms with Crippen LogP contribution in [-0.4, -0.2) is 19.0 Å². The molecule has 0 aromatic heterocycles. The van der Waals surface area contributed by atoms with Crippen LogP contribution in [0.5, 0.6) is 0 Å². The molecule has 7 heteroatoms. The summed E-state index contributed by atoms with van der Waals surface area (Å²) in [6.07, 6.45) is 0.437. The molecule has 1 rings (SSSR count). The first-order chi connectivity index (χ1) is 8.16. The van der Waals surface area contributed by atoms with Gasteiger partial charge in [0.2, 0.25) is 0 Å². The molecule has 0 radical (unpaired) electrons. The molecule has 0 bridgehead atoms. The fraction of sp³-hybridized carbons (Fsp3) is 0.300. The van der Waals surface area contributed by atoms with E-state index in [1.165, 1.54) is 12.1 Å². The van der Waals surface area contributed by atoms with E-state index >= 15 is 0 Å². The van der Waals surface area contributed by atoms with Crippen molar-refractivity contribution >= 4 is 5.91 Å². The third-order valence-electron chi connectivity index (χ3n) is 1.98. The van der Waals surface area contributed by atoms with Crippen molar-refractivity contribution in [3.63, 3.8) is 0 Å². The van der Waals surface area contributed by atoms with Crippen LogP contribution in [0, 0.1) is 11.6 Å². The van der Waals surface area contributed by atoms with Crippen LogP contribution in [-0.2, 0) is 0 Å². The minimum Gasteiger partial charge on any atom is -0.352 e. The smallest absolute Gasteiger partial charge is 0.254 e. The number of rotatable bonds is 5. The zero-order valence-corrected chi connectivity index (χ0v) is 8.86. The van der Waals surface area contributed by atoms with E-state index in [2.05, 4.69) is 15.3 Å². The van der Waals surface area contributed by atoms with Crippen LogP contribution >= 0.6 is 0 Å². The van der Waals surface area contributed by atoms with Gasteiger partial charge in [-0.25, -0.2) is 8.78 Å². The summed E-state index contributed by atoms with van der Waals surface area (Å²) < 4.78 is 26.0. The molecular formula is C10H10F2N4O. The van der Waals surface area contributed by atoms with Crippen LogP contribution in [0.2, 0.25) is 0 Å². The zero-order valence-electron chi connectivity index (χ0n) is 8.86. The van der Waals surface area contributed by atoms with Crippen molar-refractivity contribution in [1.29, 1.82) is 0 Å². The normalized spacial score (nSPS) is 9.53. The van der Waals surface area contributed by atoms with E-state index < -0.39 is 17.5 Å². The van der Waals surface area contributed by atoms with Crippen molar-refractivity contribution in [2.24, 2.45) is 5.11 Å². The summed E-state index contributed by atoms with van der Waals surface area (Å²) in [6, 6.07) is 3.39. The van der Waals surface area contributed by atoms with Crippen molar-refractivity contribution in [3.8, 4) is 0 Å². The Labute approximate surface area is 96.1 Å². The largest absolute Gasteiger partial charge is 0.352 e. The number of carbonyl (C=O) groups is 1. The van der Waals surface area contributed by atoms with Gasteiger partial charge in [0, 0.05) is 18.0 Å². The Morgan fingerprint density at radius 3 is 2.94 bits per heavy atom. The number of nitrogens with zero attached hydrogens (tertiary/aromatic N) is 3. The van der Waals surface area contributed by atoms with Gasteiger partial charge in [0.25, 0.3) is 5.91 Å². The quantitative estimate of drug-likeness (QED) is 0.364. The highest BCUT2D eigenvalue weighted by atomic mass is 19.2. The molecular weight excluding hydrogens is 230 g/mol. The maximum atomic E-state index is 13.2. The third-order valence-corrected chi connectivity index (χ3v) is 1.98. The van der Waals surface area contributed by atoms with E-state index in [0.29, 0.717) is 6.42 Å².